The summed E-state index contributed by atoms with van der Waals surface area (Å²) in [6, 6.07) is 7.68. The van der Waals surface area contributed by atoms with Gasteiger partial charge in [0.05, 0.1) is 13.2 Å². The largest absolute Gasteiger partial charge is 0.493 e. The number of unbranched alkanes of at least 4 members (excludes halogenated alkanes) is 5. The Morgan fingerprint density at radius 1 is 1.00 bits per heavy atom. The van der Waals surface area contributed by atoms with Crippen LogP contribution in [0, 0.1) is 0 Å². The fourth-order valence-corrected chi connectivity index (χ4v) is 1.84. The first-order valence-electron chi connectivity index (χ1n) is 6.70. The average molecular weight is 236 g/mol. The number of hydrogen-bond acceptors (Lipinski definition) is 2. The van der Waals surface area contributed by atoms with Gasteiger partial charge in [-0.15, -0.1) is 0 Å². The lowest BCUT2D eigenvalue weighted by atomic mass is 10.1. The maximum absolute atomic E-state index is 9.14. The summed E-state index contributed by atoms with van der Waals surface area (Å²) in [6.45, 7) is 3.03. The number of hydrogen-bond donors (Lipinski definition) is 1. The molecule has 0 aliphatic carbocycles. The molecule has 0 bridgehead atoms. The van der Waals surface area contributed by atoms with Gasteiger partial charge in [0.2, 0.25) is 0 Å². The summed E-state index contributed by atoms with van der Waals surface area (Å²) in [4.78, 5) is 0. The molecule has 2 nitrogen and oxygen atoms in total. The fourth-order valence-electron chi connectivity index (χ4n) is 1.84. The third kappa shape index (κ3) is 5.73. The molecule has 1 aromatic rings. The predicted octanol–water partition coefficient (Wildman–Crippen LogP) is 3.92. The van der Waals surface area contributed by atoms with Gasteiger partial charge in [-0.1, -0.05) is 57.2 Å². The highest BCUT2D eigenvalue weighted by molar-refractivity contribution is 5.32. The number of aliphatic hydroxyl groups excluding tert-OH is 1. The molecule has 0 radical (unpaired) electrons. The van der Waals surface area contributed by atoms with Gasteiger partial charge in [0.25, 0.3) is 0 Å². The number of benzene rings is 1. The van der Waals surface area contributed by atoms with Crippen LogP contribution in [0.1, 0.15) is 51.0 Å². The lowest BCUT2D eigenvalue weighted by Gasteiger charge is -2.09. The highest BCUT2D eigenvalue weighted by atomic mass is 16.5. The maximum atomic E-state index is 9.14. The Balaban J connectivity index is 2.13. The first-order valence-corrected chi connectivity index (χ1v) is 6.70. The van der Waals surface area contributed by atoms with Crippen molar-refractivity contribution in [3.8, 4) is 5.75 Å². The van der Waals surface area contributed by atoms with Crippen LogP contribution in [-0.2, 0) is 6.61 Å². The van der Waals surface area contributed by atoms with E-state index in [1.807, 2.05) is 24.3 Å². The van der Waals surface area contributed by atoms with Crippen molar-refractivity contribution in [1.82, 2.24) is 0 Å². The van der Waals surface area contributed by atoms with Crippen LogP contribution in [0.5, 0.6) is 5.75 Å². The summed E-state index contributed by atoms with van der Waals surface area (Å²) < 4.78 is 5.67. The van der Waals surface area contributed by atoms with Gasteiger partial charge >= 0.3 is 0 Å². The van der Waals surface area contributed by atoms with Crippen molar-refractivity contribution < 1.29 is 9.84 Å². The third-order valence-electron chi connectivity index (χ3n) is 2.90. The predicted molar refractivity (Wildman–Crippen MR) is 71.2 cm³/mol. The van der Waals surface area contributed by atoms with Gasteiger partial charge in [-0.3, -0.25) is 0 Å². The molecule has 0 saturated carbocycles. The van der Waals surface area contributed by atoms with E-state index in [1.165, 1.54) is 32.1 Å². The maximum Gasteiger partial charge on any atom is 0.124 e. The smallest absolute Gasteiger partial charge is 0.124 e. The number of rotatable bonds is 9. The molecular weight excluding hydrogens is 212 g/mol. The molecule has 17 heavy (non-hydrogen) atoms. The van der Waals surface area contributed by atoms with Gasteiger partial charge in [0.1, 0.15) is 5.75 Å². The SMILES string of the molecule is CCCCCCCCOc1ccccc1CO. The zero-order valence-electron chi connectivity index (χ0n) is 10.8. The summed E-state index contributed by atoms with van der Waals surface area (Å²) in [6.07, 6.45) is 7.61. The highest BCUT2D eigenvalue weighted by Gasteiger charge is 2.00. The van der Waals surface area contributed by atoms with Gasteiger partial charge in [0.15, 0.2) is 0 Å². The van der Waals surface area contributed by atoms with Gasteiger partial charge in [-0.2, -0.15) is 0 Å². The minimum atomic E-state index is 0.0483. The van der Waals surface area contributed by atoms with Crippen LogP contribution in [0.4, 0.5) is 0 Å². The topological polar surface area (TPSA) is 29.5 Å². The van der Waals surface area contributed by atoms with Crippen LogP contribution in [0.15, 0.2) is 24.3 Å². The summed E-state index contributed by atoms with van der Waals surface area (Å²) in [7, 11) is 0. The lowest BCUT2D eigenvalue weighted by molar-refractivity contribution is 0.260. The number of ether oxygens (including phenoxy) is 1. The molecule has 0 aliphatic rings. The van der Waals surface area contributed by atoms with Crippen molar-refractivity contribution in [2.75, 3.05) is 6.61 Å². The minimum Gasteiger partial charge on any atom is -0.493 e. The normalized spacial score (nSPS) is 10.5. The Labute approximate surface area is 105 Å². The van der Waals surface area contributed by atoms with Gasteiger partial charge in [-0.25, -0.2) is 0 Å². The second-order valence-electron chi connectivity index (χ2n) is 4.38. The van der Waals surface area contributed by atoms with Gasteiger partial charge in [0, 0.05) is 5.56 Å². The second-order valence-corrected chi connectivity index (χ2v) is 4.38. The van der Waals surface area contributed by atoms with E-state index in [0.29, 0.717) is 0 Å². The van der Waals surface area contributed by atoms with E-state index < -0.39 is 0 Å². The molecule has 0 spiro atoms. The van der Waals surface area contributed by atoms with E-state index in [2.05, 4.69) is 6.92 Å². The molecule has 1 rings (SSSR count). The standard InChI is InChI=1S/C15H24O2/c1-2-3-4-5-6-9-12-17-15-11-8-7-10-14(15)13-16/h7-8,10-11,16H,2-6,9,12-13H2,1H3. The molecule has 96 valence electrons. The molecular formula is C15H24O2. The van der Waals surface area contributed by atoms with E-state index >= 15 is 0 Å². The van der Waals surface area contributed by atoms with E-state index in [1.54, 1.807) is 0 Å². The molecule has 0 heterocycles. The Kier molecular flexibility index (Phi) is 7.48. The van der Waals surface area contributed by atoms with Crippen molar-refractivity contribution in [1.29, 1.82) is 0 Å². The zero-order valence-corrected chi connectivity index (χ0v) is 10.8. The Morgan fingerprint density at radius 3 is 2.47 bits per heavy atom. The molecule has 1 aromatic carbocycles. The molecule has 0 fully saturated rings. The summed E-state index contributed by atoms with van der Waals surface area (Å²) in [5.41, 5.74) is 0.874. The molecule has 0 unspecified atom stereocenters. The van der Waals surface area contributed by atoms with Crippen molar-refractivity contribution in [3.05, 3.63) is 29.8 Å². The molecule has 0 amide bonds. The Hall–Kier alpha value is -1.02. The lowest BCUT2D eigenvalue weighted by Crippen LogP contribution is -2.00. The van der Waals surface area contributed by atoms with Crippen molar-refractivity contribution >= 4 is 0 Å². The number of para-hydroxylation sites is 1. The van der Waals surface area contributed by atoms with Crippen LogP contribution < -0.4 is 4.74 Å². The monoisotopic (exact) mass is 236 g/mol. The van der Waals surface area contributed by atoms with Crippen LogP contribution in [0.2, 0.25) is 0 Å². The summed E-state index contributed by atoms with van der Waals surface area (Å²) in [5.74, 6) is 0.823. The van der Waals surface area contributed by atoms with E-state index in [-0.39, 0.29) is 6.61 Å². The van der Waals surface area contributed by atoms with Crippen molar-refractivity contribution in [2.24, 2.45) is 0 Å². The minimum absolute atomic E-state index is 0.0483. The van der Waals surface area contributed by atoms with Crippen LogP contribution in [-0.4, -0.2) is 11.7 Å². The van der Waals surface area contributed by atoms with E-state index in [0.717, 1.165) is 24.3 Å². The second kappa shape index (κ2) is 9.06. The molecule has 2 heteroatoms. The van der Waals surface area contributed by atoms with Crippen LogP contribution in [0.25, 0.3) is 0 Å². The van der Waals surface area contributed by atoms with Crippen molar-refractivity contribution in [2.45, 2.75) is 52.1 Å². The van der Waals surface area contributed by atoms with Crippen LogP contribution in [0.3, 0.4) is 0 Å². The van der Waals surface area contributed by atoms with E-state index in [4.69, 9.17) is 9.84 Å². The third-order valence-corrected chi connectivity index (χ3v) is 2.90. The quantitative estimate of drug-likeness (QED) is 0.658. The first-order chi connectivity index (χ1) is 8.38. The molecule has 1 N–H and O–H groups in total. The molecule has 0 saturated heterocycles. The van der Waals surface area contributed by atoms with Crippen LogP contribution >= 0.6 is 0 Å². The van der Waals surface area contributed by atoms with E-state index in [9.17, 15) is 0 Å². The fraction of sp³-hybridized carbons (Fsp3) is 0.600. The summed E-state index contributed by atoms with van der Waals surface area (Å²) >= 11 is 0. The average Bonchev–Trinajstić information content (AvgIpc) is 2.38. The van der Waals surface area contributed by atoms with Gasteiger partial charge in [-0.05, 0) is 12.5 Å². The zero-order chi connectivity index (χ0) is 12.3. The molecule has 0 aliphatic heterocycles. The molecule has 0 aromatic heterocycles. The number of aliphatic hydroxyl groups is 1. The van der Waals surface area contributed by atoms with Gasteiger partial charge < -0.3 is 9.84 Å². The Bertz CT molecular complexity index is 297. The summed E-state index contributed by atoms with van der Waals surface area (Å²) in [5, 5.41) is 9.14. The highest BCUT2D eigenvalue weighted by Crippen LogP contribution is 2.18. The van der Waals surface area contributed by atoms with Crippen molar-refractivity contribution in [3.63, 3.8) is 0 Å². The Morgan fingerprint density at radius 2 is 1.71 bits per heavy atom. The molecule has 0 atom stereocenters. The first kappa shape index (κ1) is 14.0.